The van der Waals surface area contributed by atoms with E-state index in [2.05, 4.69) is 26.3 Å². The van der Waals surface area contributed by atoms with Gasteiger partial charge in [-0.25, -0.2) is 0 Å². The molecule has 0 bridgehead atoms. The highest BCUT2D eigenvalue weighted by Crippen LogP contribution is 2.42. The number of aliphatic imine (C=N–C) groups is 1. The lowest BCUT2D eigenvalue weighted by atomic mass is 9.73. The smallest absolute Gasteiger partial charge is 0.235 e. The van der Waals surface area contributed by atoms with Gasteiger partial charge in [-0.3, -0.25) is 19.8 Å². The van der Waals surface area contributed by atoms with E-state index in [4.69, 9.17) is 0 Å². The number of aromatic nitrogens is 2. The quantitative estimate of drug-likeness (QED) is 0.902. The molecule has 0 saturated heterocycles. The van der Waals surface area contributed by atoms with E-state index in [0.29, 0.717) is 11.8 Å². The first-order valence-corrected chi connectivity index (χ1v) is 9.31. The zero-order chi connectivity index (χ0) is 18.1. The number of amidine groups is 1. The number of carbonyl (C=O) groups excluding carboxylic acids is 1. The Bertz CT molecular complexity index is 858. The van der Waals surface area contributed by atoms with Gasteiger partial charge in [-0.05, 0) is 62.8 Å². The van der Waals surface area contributed by atoms with Crippen LogP contribution in [0.1, 0.15) is 61.0 Å². The third-order valence-corrected chi connectivity index (χ3v) is 5.56. The molecule has 1 amide bonds. The Morgan fingerprint density at radius 2 is 2.15 bits per heavy atom. The Morgan fingerprint density at radius 3 is 2.85 bits per heavy atom. The molecular weight excluding hydrogens is 324 g/mol. The van der Waals surface area contributed by atoms with Crippen molar-refractivity contribution in [2.45, 2.75) is 50.4 Å². The summed E-state index contributed by atoms with van der Waals surface area (Å²) in [7, 11) is 1.71. The third kappa shape index (κ3) is 3.02. The van der Waals surface area contributed by atoms with E-state index in [1.54, 1.807) is 7.05 Å². The van der Waals surface area contributed by atoms with Crippen LogP contribution in [-0.4, -0.2) is 28.8 Å². The lowest BCUT2D eigenvalue weighted by molar-refractivity contribution is -0.125. The van der Waals surface area contributed by atoms with Crippen LogP contribution in [0, 0.1) is 0 Å². The van der Waals surface area contributed by atoms with Crippen LogP contribution in [0.4, 0.5) is 0 Å². The Morgan fingerprint density at radius 1 is 1.31 bits per heavy atom. The average molecular weight is 348 g/mol. The van der Waals surface area contributed by atoms with Gasteiger partial charge >= 0.3 is 0 Å². The standard InChI is InChI=1S/C21H24N4O/c1-21(10-5-7-15-6-3-4-11-23-15)17-12-18(14-8-9-14)24-13-16(17)19(22-2)25-20(21)26/h3-4,6,11-14H,5,7-10H2,1-2H3,(H,22,25,26)/t21-/m0/s1. The molecule has 3 heterocycles. The highest BCUT2D eigenvalue weighted by atomic mass is 16.2. The lowest BCUT2D eigenvalue weighted by Gasteiger charge is -2.35. The highest BCUT2D eigenvalue weighted by Gasteiger charge is 2.42. The minimum atomic E-state index is -0.565. The fraction of sp³-hybridized carbons (Fsp3) is 0.429. The monoisotopic (exact) mass is 348 g/mol. The number of fused-ring (bicyclic) bond motifs is 1. The summed E-state index contributed by atoms with van der Waals surface area (Å²) in [5.41, 5.74) is 3.64. The summed E-state index contributed by atoms with van der Waals surface area (Å²) in [4.78, 5) is 26.2. The normalized spacial score (nSPS) is 23.6. The van der Waals surface area contributed by atoms with Crippen molar-refractivity contribution >= 4 is 11.7 Å². The number of hydrogen-bond acceptors (Lipinski definition) is 4. The number of hydrogen-bond donors (Lipinski definition) is 1. The first-order valence-electron chi connectivity index (χ1n) is 9.31. The summed E-state index contributed by atoms with van der Waals surface area (Å²) in [6.45, 7) is 2.04. The van der Waals surface area contributed by atoms with Crippen LogP contribution < -0.4 is 5.32 Å². The van der Waals surface area contributed by atoms with E-state index < -0.39 is 5.41 Å². The molecule has 1 fully saturated rings. The molecule has 0 radical (unpaired) electrons. The number of amides is 1. The van der Waals surface area contributed by atoms with Crippen LogP contribution >= 0.6 is 0 Å². The van der Waals surface area contributed by atoms with Gasteiger partial charge in [0.1, 0.15) is 5.84 Å². The van der Waals surface area contributed by atoms with Gasteiger partial charge in [-0.1, -0.05) is 6.07 Å². The number of aryl methyl sites for hydroxylation is 1. The molecule has 0 unspecified atom stereocenters. The molecule has 2 aromatic rings. The molecule has 1 N–H and O–H groups in total. The third-order valence-electron chi connectivity index (χ3n) is 5.56. The first kappa shape index (κ1) is 16.9. The Balaban J connectivity index is 1.63. The van der Waals surface area contributed by atoms with Crippen molar-refractivity contribution < 1.29 is 4.79 Å². The van der Waals surface area contributed by atoms with Gasteiger partial charge in [-0.2, -0.15) is 0 Å². The molecule has 0 spiro atoms. The van der Waals surface area contributed by atoms with Crippen molar-refractivity contribution in [2.24, 2.45) is 4.99 Å². The fourth-order valence-electron chi connectivity index (χ4n) is 3.75. The highest BCUT2D eigenvalue weighted by molar-refractivity contribution is 6.15. The number of rotatable bonds is 5. The van der Waals surface area contributed by atoms with Crippen molar-refractivity contribution in [3.63, 3.8) is 0 Å². The summed E-state index contributed by atoms with van der Waals surface area (Å²) in [6, 6.07) is 8.11. The molecule has 1 atom stereocenters. The number of nitrogens with one attached hydrogen (secondary N) is 1. The summed E-state index contributed by atoms with van der Waals surface area (Å²) < 4.78 is 0. The van der Waals surface area contributed by atoms with Gasteiger partial charge in [0.15, 0.2) is 0 Å². The van der Waals surface area contributed by atoms with E-state index in [9.17, 15) is 4.79 Å². The second-order valence-electron chi connectivity index (χ2n) is 7.46. The summed E-state index contributed by atoms with van der Waals surface area (Å²) in [5, 5.41) is 2.98. The minimum Gasteiger partial charge on any atom is -0.310 e. The van der Waals surface area contributed by atoms with E-state index in [1.165, 1.54) is 12.8 Å². The number of pyridine rings is 2. The van der Waals surface area contributed by atoms with E-state index >= 15 is 0 Å². The van der Waals surface area contributed by atoms with Crippen molar-refractivity contribution in [1.29, 1.82) is 0 Å². The summed E-state index contributed by atoms with van der Waals surface area (Å²) in [5.74, 6) is 1.21. The summed E-state index contributed by atoms with van der Waals surface area (Å²) >= 11 is 0. The zero-order valence-corrected chi connectivity index (χ0v) is 15.3. The fourth-order valence-corrected chi connectivity index (χ4v) is 3.75. The second-order valence-corrected chi connectivity index (χ2v) is 7.46. The van der Waals surface area contributed by atoms with Crippen molar-refractivity contribution in [3.8, 4) is 0 Å². The van der Waals surface area contributed by atoms with Crippen LogP contribution in [0.3, 0.4) is 0 Å². The van der Waals surface area contributed by atoms with Crippen LogP contribution in [0.25, 0.3) is 0 Å². The van der Waals surface area contributed by atoms with Gasteiger partial charge in [-0.15, -0.1) is 0 Å². The van der Waals surface area contributed by atoms with Crippen LogP contribution in [0.2, 0.25) is 0 Å². The van der Waals surface area contributed by atoms with E-state index in [0.717, 1.165) is 41.8 Å². The Labute approximate surface area is 154 Å². The largest absolute Gasteiger partial charge is 0.310 e. The first-order chi connectivity index (χ1) is 12.6. The molecule has 1 saturated carbocycles. The van der Waals surface area contributed by atoms with Crippen molar-refractivity contribution in [1.82, 2.24) is 15.3 Å². The second kappa shape index (κ2) is 6.63. The maximum Gasteiger partial charge on any atom is 0.235 e. The molecule has 26 heavy (non-hydrogen) atoms. The van der Waals surface area contributed by atoms with Gasteiger partial charge in [0.2, 0.25) is 5.91 Å². The summed E-state index contributed by atoms with van der Waals surface area (Å²) in [6.07, 6.45) is 8.65. The predicted molar refractivity (Wildman–Crippen MR) is 101 cm³/mol. The average Bonchev–Trinajstić information content (AvgIpc) is 3.51. The molecule has 5 heteroatoms. The molecule has 1 aliphatic carbocycles. The van der Waals surface area contributed by atoms with Crippen LogP contribution in [0.5, 0.6) is 0 Å². The van der Waals surface area contributed by atoms with Gasteiger partial charge in [0.25, 0.3) is 0 Å². The molecule has 134 valence electrons. The molecule has 5 nitrogen and oxygen atoms in total. The predicted octanol–water partition coefficient (Wildman–Crippen LogP) is 3.14. The topological polar surface area (TPSA) is 67.2 Å². The van der Waals surface area contributed by atoms with Crippen molar-refractivity contribution in [2.75, 3.05) is 7.05 Å². The lowest BCUT2D eigenvalue weighted by Crippen LogP contribution is -2.51. The Kier molecular flexibility index (Phi) is 4.31. The molecule has 2 aliphatic rings. The van der Waals surface area contributed by atoms with Crippen molar-refractivity contribution in [3.05, 3.63) is 59.2 Å². The SMILES string of the molecule is CN=C1NC(=O)[C@@](C)(CCCc2ccccn2)c2cc(C3CC3)ncc21. The van der Waals surface area contributed by atoms with Crippen LogP contribution in [-0.2, 0) is 16.6 Å². The van der Waals surface area contributed by atoms with E-state index in [-0.39, 0.29) is 5.91 Å². The van der Waals surface area contributed by atoms with Gasteiger partial charge in [0, 0.05) is 42.3 Å². The number of carbonyl (C=O) groups is 1. The molecule has 1 aliphatic heterocycles. The number of nitrogens with zero attached hydrogens (tertiary/aromatic N) is 3. The van der Waals surface area contributed by atoms with E-state index in [1.807, 2.05) is 37.5 Å². The Hall–Kier alpha value is -2.56. The van der Waals surface area contributed by atoms with Crippen LogP contribution in [0.15, 0.2) is 41.7 Å². The maximum atomic E-state index is 13.0. The molecular formula is C21H24N4O. The minimum absolute atomic E-state index is 0.0274. The molecule has 0 aromatic carbocycles. The van der Waals surface area contributed by atoms with Gasteiger partial charge < -0.3 is 5.32 Å². The zero-order valence-electron chi connectivity index (χ0n) is 15.3. The maximum absolute atomic E-state index is 13.0. The molecule has 2 aromatic heterocycles. The molecule has 4 rings (SSSR count). The van der Waals surface area contributed by atoms with Gasteiger partial charge in [0.05, 0.1) is 5.41 Å².